The van der Waals surface area contributed by atoms with Gasteiger partial charge >= 0.3 is 0 Å². The minimum absolute atomic E-state index is 0.0394. The summed E-state index contributed by atoms with van der Waals surface area (Å²) < 4.78 is 12.9. The average Bonchev–Trinajstić information content (AvgIpc) is 2.72. The lowest BCUT2D eigenvalue weighted by Gasteiger charge is -2.31. The normalized spacial score (nSPS) is 26.3. The van der Waals surface area contributed by atoms with E-state index in [4.69, 9.17) is 11.5 Å². The molecule has 0 saturated heterocycles. The number of halogens is 1. The van der Waals surface area contributed by atoms with Gasteiger partial charge in [-0.2, -0.15) is 0 Å². The van der Waals surface area contributed by atoms with Crippen LogP contribution < -0.4 is 11.5 Å². The van der Waals surface area contributed by atoms with Crippen LogP contribution in [0.3, 0.4) is 0 Å². The molecular formula is C14H20FN3O. The molecule has 2 atom stereocenters. The Morgan fingerprint density at radius 1 is 1.37 bits per heavy atom. The van der Waals surface area contributed by atoms with Gasteiger partial charge in [0, 0.05) is 5.41 Å². The topological polar surface area (TPSA) is 84.6 Å². The van der Waals surface area contributed by atoms with E-state index in [0.717, 1.165) is 24.8 Å². The maximum atomic E-state index is 12.9. The molecule has 2 unspecified atom stereocenters. The minimum Gasteiger partial charge on any atom is -0.392 e. The second-order valence-electron chi connectivity index (χ2n) is 5.31. The number of aliphatic imine (C=N–C) groups is 1. The zero-order valence-electron chi connectivity index (χ0n) is 10.8. The highest BCUT2D eigenvalue weighted by Gasteiger charge is 2.41. The molecule has 0 amide bonds. The molecule has 0 radical (unpaired) electrons. The standard InChI is InChI=1S/C14H20FN3O/c15-11-5-3-10(4-6-11)8-14(9-18-13(16)17)7-1-2-12(14)19/h3-6,12,19H,1-2,7-9H2,(H4,16,17,18). The van der Waals surface area contributed by atoms with E-state index in [9.17, 15) is 9.50 Å². The van der Waals surface area contributed by atoms with Crippen LogP contribution >= 0.6 is 0 Å². The zero-order chi connectivity index (χ0) is 13.9. The van der Waals surface area contributed by atoms with E-state index >= 15 is 0 Å². The molecule has 2 rings (SSSR count). The van der Waals surface area contributed by atoms with Crippen molar-refractivity contribution in [2.24, 2.45) is 21.9 Å². The predicted molar refractivity (Wildman–Crippen MR) is 73.1 cm³/mol. The number of hydrogen-bond donors (Lipinski definition) is 3. The molecule has 1 aliphatic rings. The average molecular weight is 265 g/mol. The summed E-state index contributed by atoms with van der Waals surface area (Å²) in [5, 5.41) is 10.2. The molecule has 5 N–H and O–H groups in total. The molecule has 104 valence electrons. The first-order chi connectivity index (χ1) is 9.02. The van der Waals surface area contributed by atoms with Gasteiger partial charge in [0.15, 0.2) is 5.96 Å². The third kappa shape index (κ3) is 3.23. The van der Waals surface area contributed by atoms with Gasteiger partial charge in [-0.05, 0) is 37.0 Å². The molecule has 5 heteroatoms. The Balaban J connectivity index is 2.18. The van der Waals surface area contributed by atoms with E-state index in [-0.39, 0.29) is 17.2 Å². The predicted octanol–water partition coefficient (Wildman–Crippen LogP) is 1.17. The lowest BCUT2D eigenvalue weighted by Crippen LogP contribution is -2.37. The van der Waals surface area contributed by atoms with Crippen molar-refractivity contribution >= 4 is 5.96 Å². The minimum atomic E-state index is -0.416. The van der Waals surface area contributed by atoms with Gasteiger partial charge in [0.1, 0.15) is 5.82 Å². The fraction of sp³-hybridized carbons (Fsp3) is 0.500. The lowest BCUT2D eigenvalue weighted by molar-refractivity contribution is 0.0592. The van der Waals surface area contributed by atoms with Crippen molar-refractivity contribution in [3.63, 3.8) is 0 Å². The number of hydrogen-bond acceptors (Lipinski definition) is 2. The second kappa shape index (κ2) is 5.57. The monoisotopic (exact) mass is 265 g/mol. The van der Waals surface area contributed by atoms with Crippen molar-refractivity contribution in [1.82, 2.24) is 0 Å². The van der Waals surface area contributed by atoms with Crippen LogP contribution in [0.1, 0.15) is 24.8 Å². The molecule has 1 aliphatic carbocycles. The zero-order valence-corrected chi connectivity index (χ0v) is 10.8. The van der Waals surface area contributed by atoms with Gasteiger partial charge in [0.25, 0.3) is 0 Å². The van der Waals surface area contributed by atoms with Gasteiger partial charge in [-0.15, -0.1) is 0 Å². The fourth-order valence-electron chi connectivity index (χ4n) is 2.82. The summed E-state index contributed by atoms with van der Waals surface area (Å²) >= 11 is 0. The molecule has 0 aromatic heterocycles. The summed E-state index contributed by atoms with van der Waals surface area (Å²) in [5.74, 6) is -0.216. The highest BCUT2D eigenvalue weighted by Crippen LogP contribution is 2.41. The summed E-state index contributed by atoms with van der Waals surface area (Å²) in [5.41, 5.74) is 11.4. The van der Waals surface area contributed by atoms with E-state index in [1.54, 1.807) is 12.1 Å². The summed E-state index contributed by atoms with van der Waals surface area (Å²) in [6.45, 7) is 0.411. The quantitative estimate of drug-likeness (QED) is 0.564. The Hall–Kier alpha value is -1.62. The van der Waals surface area contributed by atoms with Gasteiger partial charge in [-0.25, -0.2) is 4.39 Å². The van der Waals surface area contributed by atoms with E-state index < -0.39 is 6.10 Å². The van der Waals surface area contributed by atoms with Crippen molar-refractivity contribution in [2.75, 3.05) is 6.54 Å². The maximum Gasteiger partial charge on any atom is 0.185 e. The fourth-order valence-corrected chi connectivity index (χ4v) is 2.82. The second-order valence-corrected chi connectivity index (χ2v) is 5.31. The first-order valence-electron chi connectivity index (χ1n) is 6.50. The summed E-state index contributed by atoms with van der Waals surface area (Å²) in [4.78, 5) is 4.08. The van der Waals surface area contributed by atoms with Crippen molar-refractivity contribution in [1.29, 1.82) is 0 Å². The summed E-state index contributed by atoms with van der Waals surface area (Å²) in [6, 6.07) is 6.37. The van der Waals surface area contributed by atoms with Crippen LogP contribution in [0.25, 0.3) is 0 Å². The van der Waals surface area contributed by atoms with Crippen molar-refractivity contribution in [3.05, 3.63) is 35.6 Å². The van der Waals surface area contributed by atoms with Gasteiger partial charge in [-0.1, -0.05) is 18.6 Å². The van der Waals surface area contributed by atoms with E-state index in [1.807, 2.05) is 0 Å². The number of nitrogens with zero attached hydrogens (tertiary/aromatic N) is 1. The Morgan fingerprint density at radius 2 is 2.05 bits per heavy atom. The lowest BCUT2D eigenvalue weighted by atomic mass is 9.78. The molecule has 1 saturated carbocycles. The Labute approximate surface area is 112 Å². The van der Waals surface area contributed by atoms with Crippen molar-refractivity contribution in [3.8, 4) is 0 Å². The van der Waals surface area contributed by atoms with E-state index in [1.165, 1.54) is 12.1 Å². The van der Waals surface area contributed by atoms with Crippen molar-refractivity contribution < 1.29 is 9.50 Å². The highest BCUT2D eigenvalue weighted by atomic mass is 19.1. The maximum absolute atomic E-state index is 12.9. The molecule has 4 nitrogen and oxygen atoms in total. The summed E-state index contributed by atoms with van der Waals surface area (Å²) in [7, 11) is 0. The number of benzene rings is 1. The molecule has 1 aromatic carbocycles. The SMILES string of the molecule is NC(N)=NCC1(Cc2ccc(F)cc2)CCCC1O. The number of rotatable bonds is 4. The van der Waals surface area contributed by atoms with E-state index in [0.29, 0.717) is 13.0 Å². The van der Waals surface area contributed by atoms with Gasteiger partial charge in [-0.3, -0.25) is 4.99 Å². The van der Waals surface area contributed by atoms with Crippen LogP contribution in [-0.2, 0) is 6.42 Å². The molecule has 0 spiro atoms. The van der Waals surface area contributed by atoms with Gasteiger partial charge in [0.2, 0.25) is 0 Å². The molecule has 0 heterocycles. The third-order valence-electron chi connectivity index (χ3n) is 3.91. The first kappa shape index (κ1) is 13.8. The van der Waals surface area contributed by atoms with Crippen LogP contribution in [0.15, 0.2) is 29.3 Å². The Kier molecular flexibility index (Phi) is 4.04. The van der Waals surface area contributed by atoms with Crippen LogP contribution in [-0.4, -0.2) is 23.7 Å². The largest absolute Gasteiger partial charge is 0.392 e. The summed E-state index contributed by atoms with van der Waals surface area (Å²) in [6.07, 6.45) is 2.84. The molecule has 0 aliphatic heterocycles. The van der Waals surface area contributed by atoms with Gasteiger partial charge < -0.3 is 16.6 Å². The van der Waals surface area contributed by atoms with E-state index in [2.05, 4.69) is 4.99 Å². The number of aliphatic hydroxyl groups is 1. The van der Waals surface area contributed by atoms with Crippen LogP contribution in [0.5, 0.6) is 0 Å². The number of nitrogens with two attached hydrogens (primary N) is 2. The molecular weight excluding hydrogens is 245 g/mol. The number of aliphatic hydroxyl groups excluding tert-OH is 1. The number of guanidine groups is 1. The molecule has 1 aromatic rings. The molecule has 1 fully saturated rings. The Morgan fingerprint density at radius 3 is 2.58 bits per heavy atom. The smallest absolute Gasteiger partial charge is 0.185 e. The van der Waals surface area contributed by atoms with Gasteiger partial charge in [0.05, 0.1) is 12.6 Å². The van der Waals surface area contributed by atoms with Crippen LogP contribution in [0, 0.1) is 11.2 Å². The molecule has 0 bridgehead atoms. The molecule has 19 heavy (non-hydrogen) atoms. The highest BCUT2D eigenvalue weighted by molar-refractivity contribution is 5.75. The van der Waals surface area contributed by atoms with Crippen molar-refractivity contribution in [2.45, 2.75) is 31.8 Å². The first-order valence-corrected chi connectivity index (χ1v) is 6.50. The van der Waals surface area contributed by atoms with Crippen LogP contribution in [0.2, 0.25) is 0 Å². The van der Waals surface area contributed by atoms with Crippen LogP contribution in [0.4, 0.5) is 4.39 Å². The Bertz CT molecular complexity index is 456. The third-order valence-corrected chi connectivity index (χ3v) is 3.91.